The molecule has 0 spiro atoms. The van der Waals surface area contributed by atoms with E-state index in [2.05, 4.69) is 66.3 Å². The van der Waals surface area contributed by atoms with Gasteiger partial charge in [-0.15, -0.1) is 0 Å². The quantitative estimate of drug-likeness (QED) is 0.803. The summed E-state index contributed by atoms with van der Waals surface area (Å²) < 4.78 is 14.4. The first-order valence-corrected chi connectivity index (χ1v) is 7.85. The SMILES string of the molecule is CNC(c1ccc(C(C)(C)C)cc1)c1cc(F)ccc1Br. The molecule has 0 saturated carbocycles. The van der Waals surface area contributed by atoms with Crippen LogP contribution in [0.25, 0.3) is 0 Å². The summed E-state index contributed by atoms with van der Waals surface area (Å²) >= 11 is 3.51. The average Bonchev–Trinajstić information content (AvgIpc) is 2.43. The van der Waals surface area contributed by atoms with E-state index in [9.17, 15) is 4.39 Å². The van der Waals surface area contributed by atoms with Gasteiger partial charge in [-0.05, 0) is 47.4 Å². The van der Waals surface area contributed by atoms with Crippen LogP contribution in [0, 0.1) is 5.82 Å². The van der Waals surface area contributed by atoms with Crippen molar-refractivity contribution in [1.82, 2.24) is 5.32 Å². The van der Waals surface area contributed by atoms with Gasteiger partial charge in [0.25, 0.3) is 0 Å². The third-order valence-corrected chi connectivity index (χ3v) is 4.39. The van der Waals surface area contributed by atoms with Crippen LogP contribution >= 0.6 is 15.9 Å². The zero-order chi connectivity index (χ0) is 15.6. The van der Waals surface area contributed by atoms with Gasteiger partial charge in [0.15, 0.2) is 0 Å². The molecular weight excluding hydrogens is 329 g/mol. The Hall–Kier alpha value is -1.19. The molecule has 1 N–H and O–H groups in total. The van der Waals surface area contributed by atoms with Crippen LogP contribution in [0.15, 0.2) is 46.9 Å². The fourth-order valence-corrected chi connectivity index (χ4v) is 2.89. The first-order chi connectivity index (χ1) is 9.82. The van der Waals surface area contributed by atoms with Crippen molar-refractivity contribution in [3.05, 3.63) is 69.4 Å². The predicted octanol–water partition coefficient (Wildman–Crippen LogP) is 5.19. The van der Waals surface area contributed by atoms with Crippen molar-refractivity contribution in [2.24, 2.45) is 0 Å². The fourth-order valence-electron chi connectivity index (χ4n) is 2.41. The molecule has 1 atom stereocenters. The maximum atomic E-state index is 13.5. The third-order valence-electron chi connectivity index (χ3n) is 3.67. The summed E-state index contributed by atoms with van der Waals surface area (Å²) in [7, 11) is 1.89. The lowest BCUT2D eigenvalue weighted by atomic mass is 9.86. The van der Waals surface area contributed by atoms with E-state index in [1.54, 1.807) is 12.1 Å². The molecule has 0 fully saturated rings. The minimum Gasteiger partial charge on any atom is -0.309 e. The van der Waals surface area contributed by atoms with Crippen LogP contribution in [0.4, 0.5) is 4.39 Å². The van der Waals surface area contributed by atoms with Crippen molar-refractivity contribution in [2.45, 2.75) is 32.2 Å². The average molecular weight is 350 g/mol. The van der Waals surface area contributed by atoms with Gasteiger partial charge in [-0.3, -0.25) is 0 Å². The van der Waals surface area contributed by atoms with Crippen molar-refractivity contribution in [2.75, 3.05) is 7.05 Å². The molecule has 0 aromatic heterocycles. The number of halogens is 2. The highest BCUT2D eigenvalue weighted by Crippen LogP contribution is 2.30. The number of benzene rings is 2. The van der Waals surface area contributed by atoms with E-state index in [1.807, 2.05) is 7.05 Å². The van der Waals surface area contributed by atoms with Crippen LogP contribution in [0.3, 0.4) is 0 Å². The Morgan fingerprint density at radius 1 is 1.05 bits per heavy atom. The monoisotopic (exact) mass is 349 g/mol. The van der Waals surface area contributed by atoms with Gasteiger partial charge in [0.2, 0.25) is 0 Å². The van der Waals surface area contributed by atoms with Gasteiger partial charge < -0.3 is 5.32 Å². The van der Waals surface area contributed by atoms with Crippen LogP contribution in [0.1, 0.15) is 43.5 Å². The molecular formula is C18H21BrFN. The van der Waals surface area contributed by atoms with Crippen LogP contribution in [0.5, 0.6) is 0 Å². The molecule has 0 bridgehead atoms. The fraction of sp³-hybridized carbons (Fsp3) is 0.333. The standard InChI is InChI=1S/C18H21BrFN/c1-18(2,3)13-7-5-12(6-8-13)17(21-4)15-11-14(20)9-10-16(15)19/h5-11,17,21H,1-4H3. The van der Waals surface area contributed by atoms with Gasteiger partial charge in [-0.25, -0.2) is 4.39 Å². The first kappa shape index (κ1) is 16.2. The predicted molar refractivity (Wildman–Crippen MR) is 90.1 cm³/mol. The molecule has 0 radical (unpaired) electrons. The van der Waals surface area contributed by atoms with Gasteiger partial charge in [0.1, 0.15) is 5.82 Å². The summed E-state index contributed by atoms with van der Waals surface area (Å²) in [5.74, 6) is -0.222. The second-order valence-electron chi connectivity index (χ2n) is 6.26. The Morgan fingerprint density at radius 2 is 1.67 bits per heavy atom. The number of hydrogen-bond donors (Lipinski definition) is 1. The molecule has 3 heteroatoms. The Balaban J connectivity index is 2.40. The Morgan fingerprint density at radius 3 is 2.19 bits per heavy atom. The zero-order valence-corrected chi connectivity index (χ0v) is 14.5. The highest BCUT2D eigenvalue weighted by Gasteiger charge is 2.18. The molecule has 1 unspecified atom stereocenters. The Kier molecular flexibility index (Phi) is 4.84. The van der Waals surface area contributed by atoms with Gasteiger partial charge >= 0.3 is 0 Å². The molecule has 21 heavy (non-hydrogen) atoms. The molecule has 0 aliphatic rings. The topological polar surface area (TPSA) is 12.0 Å². The Labute approximate surface area is 134 Å². The van der Waals surface area contributed by atoms with Gasteiger partial charge in [-0.2, -0.15) is 0 Å². The highest BCUT2D eigenvalue weighted by molar-refractivity contribution is 9.10. The van der Waals surface area contributed by atoms with Crippen molar-refractivity contribution in [3.8, 4) is 0 Å². The second kappa shape index (κ2) is 6.29. The molecule has 0 aliphatic heterocycles. The highest BCUT2D eigenvalue weighted by atomic mass is 79.9. The van der Waals surface area contributed by atoms with E-state index in [0.29, 0.717) is 0 Å². The van der Waals surface area contributed by atoms with Crippen molar-refractivity contribution in [3.63, 3.8) is 0 Å². The zero-order valence-electron chi connectivity index (χ0n) is 12.9. The number of rotatable bonds is 3. The smallest absolute Gasteiger partial charge is 0.123 e. The van der Waals surface area contributed by atoms with E-state index in [0.717, 1.165) is 15.6 Å². The van der Waals surface area contributed by atoms with Crippen LogP contribution in [-0.4, -0.2) is 7.05 Å². The van der Waals surface area contributed by atoms with Gasteiger partial charge in [0, 0.05) is 4.47 Å². The van der Waals surface area contributed by atoms with E-state index < -0.39 is 0 Å². The minimum atomic E-state index is -0.222. The third kappa shape index (κ3) is 3.72. The molecule has 2 rings (SSSR count). The Bertz CT molecular complexity index is 614. The molecule has 0 amide bonds. The van der Waals surface area contributed by atoms with Crippen molar-refractivity contribution >= 4 is 15.9 Å². The van der Waals surface area contributed by atoms with E-state index in [1.165, 1.54) is 11.6 Å². The van der Waals surface area contributed by atoms with E-state index in [-0.39, 0.29) is 17.3 Å². The van der Waals surface area contributed by atoms with Crippen LogP contribution in [0.2, 0.25) is 0 Å². The summed E-state index contributed by atoms with van der Waals surface area (Å²) in [6, 6.07) is 13.3. The molecule has 1 nitrogen and oxygen atoms in total. The molecule has 2 aromatic carbocycles. The lowest BCUT2D eigenvalue weighted by molar-refractivity contribution is 0.588. The van der Waals surface area contributed by atoms with Crippen molar-refractivity contribution in [1.29, 1.82) is 0 Å². The normalized spacial score (nSPS) is 13.2. The van der Waals surface area contributed by atoms with Crippen LogP contribution < -0.4 is 5.32 Å². The molecule has 0 aliphatic carbocycles. The minimum absolute atomic E-state index is 0.0379. The molecule has 2 aromatic rings. The summed E-state index contributed by atoms with van der Waals surface area (Å²) in [5.41, 5.74) is 3.45. The van der Waals surface area contributed by atoms with Crippen LogP contribution in [-0.2, 0) is 5.41 Å². The molecule has 0 heterocycles. The number of hydrogen-bond acceptors (Lipinski definition) is 1. The summed E-state index contributed by atoms with van der Waals surface area (Å²) in [5, 5.41) is 3.26. The lowest BCUT2D eigenvalue weighted by Crippen LogP contribution is -2.19. The number of nitrogens with one attached hydrogen (secondary N) is 1. The second-order valence-corrected chi connectivity index (χ2v) is 7.11. The molecule has 0 saturated heterocycles. The van der Waals surface area contributed by atoms with Crippen molar-refractivity contribution < 1.29 is 4.39 Å². The molecule has 112 valence electrons. The van der Waals surface area contributed by atoms with E-state index in [4.69, 9.17) is 0 Å². The maximum Gasteiger partial charge on any atom is 0.123 e. The van der Waals surface area contributed by atoms with E-state index >= 15 is 0 Å². The maximum absolute atomic E-state index is 13.5. The summed E-state index contributed by atoms with van der Waals surface area (Å²) in [6.07, 6.45) is 0. The summed E-state index contributed by atoms with van der Waals surface area (Å²) in [6.45, 7) is 6.59. The van der Waals surface area contributed by atoms with Gasteiger partial charge in [0.05, 0.1) is 6.04 Å². The lowest BCUT2D eigenvalue weighted by Gasteiger charge is -2.22. The first-order valence-electron chi connectivity index (χ1n) is 7.05. The van der Waals surface area contributed by atoms with Gasteiger partial charge in [-0.1, -0.05) is 61.0 Å². The largest absolute Gasteiger partial charge is 0.309 e. The summed E-state index contributed by atoms with van der Waals surface area (Å²) in [4.78, 5) is 0.